The highest BCUT2D eigenvalue weighted by molar-refractivity contribution is 5.89. The third-order valence-corrected chi connectivity index (χ3v) is 5.67. The molecule has 1 saturated heterocycles. The second-order valence-electron chi connectivity index (χ2n) is 8.75. The Kier molecular flexibility index (Phi) is 4.82. The molecule has 0 bridgehead atoms. The van der Waals surface area contributed by atoms with Crippen LogP contribution in [0, 0.1) is 22.7 Å². The van der Waals surface area contributed by atoms with E-state index in [1.807, 2.05) is 20.8 Å². The van der Waals surface area contributed by atoms with Gasteiger partial charge in [-0.3, -0.25) is 4.79 Å². The van der Waals surface area contributed by atoms with Gasteiger partial charge in [0.1, 0.15) is 6.04 Å². The number of nitrogens with two attached hydrogens (primary N) is 1. The van der Waals surface area contributed by atoms with Gasteiger partial charge in [-0.05, 0) is 23.2 Å². The van der Waals surface area contributed by atoms with Crippen molar-refractivity contribution >= 4 is 11.9 Å². The average molecular weight is 324 g/mol. The first-order chi connectivity index (χ1) is 10.5. The quantitative estimate of drug-likeness (QED) is 0.621. The molecule has 1 aliphatic carbocycles. The van der Waals surface area contributed by atoms with Gasteiger partial charge in [-0.15, -0.1) is 0 Å². The number of hydrogen-bond acceptors (Lipinski definition) is 4. The maximum absolute atomic E-state index is 12.8. The molecule has 1 heterocycles. The fourth-order valence-corrected chi connectivity index (χ4v) is 3.73. The van der Waals surface area contributed by atoms with Gasteiger partial charge < -0.3 is 15.4 Å². The molecule has 1 saturated carbocycles. The highest BCUT2D eigenvalue weighted by Crippen LogP contribution is 2.65. The van der Waals surface area contributed by atoms with Crippen molar-refractivity contribution in [2.24, 2.45) is 28.4 Å². The van der Waals surface area contributed by atoms with Crippen molar-refractivity contribution in [1.29, 1.82) is 0 Å². The van der Waals surface area contributed by atoms with E-state index in [9.17, 15) is 9.59 Å². The molecule has 23 heavy (non-hydrogen) atoms. The molecule has 2 fully saturated rings. The molecule has 0 spiro atoms. The summed E-state index contributed by atoms with van der Waals surface area (Å²) < 4.78 is 5.43. The lowest BCUT2D eigenvalue weighted by Crippen LogP contribution is -2.55. The summed E-state index contributed by atoms with van der Waals surface area (Å²) in [4.78, 5) is 27.1. The van der Waals surface area contributed by atoms with E-state index in [0.29, 0.717) is 19.1 Å². The fraction of sp³-hybridized carbons (Fsp3) is 0.889. The molecule has 1 amide bonds. The van der Waals surface area contributed by atoms with E-state index in [0.717, 1.165) is 12.8 Å². The Bertz CT molecular complexity index is 481. The van der Waals surface area contributed by atoms with E-state index >= 15 is 0 Å². The van der Waals surface area contributed by atoms with Crippen LogP contribution in [0.3, 0.4) is 0 Å². The predicted molar refractivity (Wildman–Crippen MR) is 89.6 cm³/mol. The molecule has 0 aromatic rings. The van der Waals surface area contributed by atoms with E-state index in [1.165, 1.54) is 0 Å². The predicted octanol–water partition coefficient (Wildman–Crippen LogP) is 2.19. The van der Waals surface area contributed by atoms with Gasteiger partial charge in [-0.2, -0.15) is 0 Å². The van der Waals surface area contributed by atoms with E-state index in [2.05, 4.69) is 20.8 Å². The van der Waals surface area contributed by atoms with Crippen molar-refractivity contribution in [3.05, 3.63) is 0 Å². The molecule has 132 valence electrons. The minimum absolute atomic E-state index is 0.108. The Morgan fingerprint density at radius 3 is 2.48 bits per heavy atom. The van der Waals surface area contributed by atoms with Crippen LogP contribution in [0.25, 0.3) is 0 Å². The van der Waals surface area contributed by atoms with Crippen molar-refractivity contribution in [2.75, 3.05) is 13.2 Å². The maximum Gasteiger partial charge on any atom is 0.329 e. The first-order valence-electron chi connectivity index (χ1n) is 8.76. The lowest BCUT2D eigenvalue weighted by molar-refractivity contribution is -0.156. The topological polar surface area (TPSA) is 72.6 Å². The number of amides is 1. The molecule has 1 aliphatic heterocycles. The number of likely N-dealkylation sites (tertiary alicyclic amines) is 1. The third-order valence-electron chi connectivity index (χ3n) is 5.67. The van der Waals surface area contributed by atoms with Gasteiger partial charge in [0.15, 0.2) is 0 Å². The number of unbranched alkanes of at least 4 members (excludes halogenated alkanes) is 1. The second kappa shape index (κ2) is 6.08. The van der Waals surface area contributed by atoms with Crippen LogP contribution in [0.15, 0.2) is 0 Å². The number of esters is 1. The average Bonchev–Trinajstić information content (AvgIpc) is 2.84. The van der Waals surface area contributed by atoms with Crippen LogP contribution in [-0.2, 0) is 14.3 Å². The summed E-state index contributed by atoms with van der Waals surface area (Å²) >= 11 is 0. The number of carbonyl (C=O) groups is 2. The molecular formula is C18H32N2O3. The molecule has 2 N–H and O–H groups in total. The molecule has 0 radical (unpaired) electrons. The normalized spacial score (nSPS) is 29.9. The number of fused-ring (bicyclic) bond motifs is 1. The Morgan fingerprint density at radius 2 is 1.96 bits per heavy atom. The second-order valence-corrected chi connectivity index (χ2v) is 8.75. The highest BCUT2D eigenvalue weighted by atomic mass is 16.5. The van der Waals surface area contributed by atoms with Crippen molar-refractivity contribution in [1.82, 2.24) is 4.90 Å². The van der Waals surface area contributed by atoms with Crippen LogP contribution in [-0.4, -0.2) is 42.0 Å². The molecule has 2 rings (SSSR count). The van der Waals surface area contributed by atoms with Crippen LogP contribution in [0.1, 0.15) is 54.4 Å². The summed E-state index contributed by atoms with van der Waals surface area (Å²) in [5, 5.41) is 0. The smallest absolute Gasteiger partial charge is 0.329 e. The Morgan fingerprint density at radius 1 is 1.35 bits per heavy atom. The van der Waals surface area contributed by atoms with Crippen LogP contribution in [0.4, 0.5) is 0 Å². The molecule has 0 aromatic carbocycles. The molecule has 5 nitrogen and oxygen atoms in total. The Hall–Kier alpha value is -1.10. The van der Waals surface area contributed by atoms with E-state index in [4.69, 9.17) is 10.5 Å². The van der Waals surface area contributed by atoms with Gasteiger partial charge >= 0.3 is 5.97 Å². The zero-order chi connectivity index (χ0) is 17.6. The molecular weight excluding hydrogens is 292 g/mol. The summed E-state index contributed by atoms with van der Waals surface area (Å²) in [7, 11) is 0. The minimum atomic E-state index is -0.603. The monoisotopic (exact) mass is 324 g/mol. The van der Waals surface area contributed by atoms with Gasteiger partial charge in [0, 0.05) is 12.5 Å². The molecule has 0 aromatic heterocycles. The van der Waals surface area contributed by atoms with Gasteiger partial charge in [-0.25, -0.2) is 4.79 Å². The third kappa shape index (κ3) is 3.25. The number of hydrogen-bond donors (Lipinski definition) is 1. The molecule has 0 unspecified atom stereocenters. The summed E-state index contributed by atoms with van der Waals surface area (Å²) in [6.45, 7) is 13.3. The first-order valence-corrected chi connectivity index (χ1v) is 8.76. The van der Waals surface area contributed by atoms with Crippen molar-refractivity contribution < 1.29 is 14.3 Å². The van der Waals surface area contributed by atoms with Crippen LogP contribution in [0.5, 0.6) is 0 Å². The summed E-state index contributed by atoms with van der Waals surface area (Å²) in [6.07, 6.45) is 1.83. The van der Waals surface area contributed by atoms with Crippen molar-refractivity contribution in [3.8, 4) is 0 Å². The van der Waals surface area contributed by atoms with Gasteiger partial charge in [-0.1, -0.05) is 48.0 Å². The van der Waals surface area contributed by atoms with Crippen molar-refractivity contribution in [3.63, 3.8) is 0 Å². The van der Waals surface area contributed by atoms with E-state index in [1.54, 1.807) is 4.90 Å². The fourth-order valence-electron chi connectivity index (χ4n) is 3.73. The van der Waals surface area contributed by atoms with Gasteiger partial charge in [0.2, 0.25) is 5.91 Å². The van der Waals surface area contributed by atoms with Crippen LogP contribution in [0.2, 0.25) is 0 Å². The van der Waals surface area contributed by atoms with E-state index < -0.39 is 12.1 Å². The Labute approximate surface area is 139 Å². The SMILES string of the molecule is CCCCOC(=O)[C@@H]1[C@@H]2[C@H](CN1C(=O)[C@@H](N)C(C)(C)C)C2(C)C. The zero-order valence-electron chi connectivity index (χ0n) is 15.4. The Balaban J connectivity index is 2.13. The standard InChI is InChI=1S/C18H32N2O3/c1-7-8-9-23-16(22)13-12-11(18(12,5)6)10-20(13)15(21)14(19)17(2,3)4/h11-14H,7-10,19H2,1-6H3/t11-,12-,13-,14+/m0/s1. The maximum atomic E-state index is 12.8. The minimum Gasteiger partial charge on any atom is -0.464 e. The number of nitrogens with zero attached hydrogens (tertiary/aromatic N) is 1. The van der Waals surface area contributed by atoms with Crippen molar-refractivity contribution in [2.45, 2.75) is 66.5 Å². The lowest BCUT2D eigenvalue weighted by Gasteiger charge is -2.35. The number of rotatable bonds is 5. The first kappa shape index (κ1) is 18.2. The van der Waals surface area contributed by atoms with Crippen LogP contribution >= 0.6 is 0 Å². The largest absolute Gasteiger partial charge is 0.464 e. The van der Waals surface area contributed by atoms with Crippen LogP contribution < -0.4 is 5.73 Å². The molecule has 4 atom stereocenters. The zero-order valence-corrected chi connectivity index (χ0v) is 15.4. The number of ether oxygens (including phenoxy) is 1. The number of carbonyl (C=O) groups excluding carboxylic acids is 2. The summed E-state index contributed by atoms with van der Waals surface area (Å²) in [5.41, 5.74) is 5.93. The highest BCUT2D eigenvalue weighted by Gasteiger charge is 2.70. The van der Waals surface area contributed by atoms with Gasteiger partial charge in [0.05, 0.1) is 12.6 Å². The van der Waals surface area contributed by atoms with E-state index in [-0.39, 0.29) is 28.6 Å². The lowest BCUT2D eigenvalue weighted by atomic mass is 9.86. The molecule has 5 heteroatoms. The van der Waals surface area contributed by atoms with Gasteiger partial charge in [0.25, 0.3) is 0 Å². The number of piperidine rings is 1. The molecule has 2 aliphatic rings. The summed E-state index contributed by atoms with van der Waals surface area (Å²) in [6, 6.07) is -1.07. The summed E-state index contributed by atoms with van der Waals surface area (Å²) in [5.74, 6) is 0.194.